The first-order chi connectivity index (χ1) is 9.58. The largest absolute Gasteiger partial charge is 0.378 e. The van der Waals surface area contributed by atoms with E-state index in [9.17, 15) is 4.79 Å². The van der Waals surface area contributed by atoms with Crippen molar-refractivity contribution in [1.29, 1.82) is 0 Å². The number of nitrogens with zero attached hydrogens (tertiary/aromatic N) is 1. The summed E-state index contributed by atoms with van der Waals surface area (Å²) in [5, 5.41) is 6.50. The maximum Gasteiger partial charge on any atom is 0.251 e. The van der Waals surface area contributed by atoms with E-state index in [0.717, 1.165) is 37.2 Å². The van der Waals surface area contributed by atoms with E-state index in [2.05, 4.69) is 17.6 Å². The Morgan fingerprint density at radius 3 is 2.70 bits per heavy atom. The second-order valence-electron chi connectivity index (χ2n) is 5.79. The normalized spacial score (nSPS) is 17.6. The van der Waals surface area contributed by atoms with E-state index in [-0.39, 0.29) is 11.9 Å². The maximum atomic E-state index is 12.3. The number of nitrogens with one attached hydrogen (secondary N) is 2. The monoisotopic (exact) mass is 275 g/mol. The smallest absolute Gasteiger partial charge is 0.251 e. The molecule has 20 heavy (non-hydrogen) atoms. The van der Waals surface area contributed by atoms with Crippen LogP contribution in [0.2, 0.25) is 0 Å². The number of hydrogen-bond acceptors (Lipinski definition) is 3. The molecule has 2 N–H and O–H groups in total. The molecule has 0 radical (unpaired) electrons. The zero-order chi connectivity index (χ0) is 14.5. The zero-order valence-electron chi connectivity index (χ0n) is 12.6. The highest BCUT2D eigenvalue weighted by Gasteiger charge is 2.21. The lowest BCUT2D eigenvalue weighted by Gasteiger charge is -2.29. The molecule has 1 aromatic carbocycles. The summed E-state index contributed by atoms with van der Waals surface area (Å²) < 4.78 is 0. The quantitative estimate of drug-likeness (QED) is 0.882. The molecular formula is C16H25N3O. The van der Waals surface area contributed by atoms with Crippen LogP contribution in [0.4, 0.5) is 5.69 Å². The number of carbonyl (C=O) groups excluding carboxylic acids is 1. The Bertz CT molecular complexity index is 453. The van der Waals surface area contributed by atoms with E-state index >= 15 is 0 Å². The summed E-state index contributed by atoms with van der Waals surface area (Å²) in [6.45, 7) is 4.23. The van der Waals surface area contributed by atoms with Crippen LogP contribution < -0.4 is 15.5 Å². The molecule has 1 heterocycles. The third-order valence-corrected chi connectivity index (χ3v) is 4.07. The Kier molecular flexibility index (Phi) is 5.01. The van der Waals surface area contributed by atoms with Gasteiger partial charge in [0.2, 0.25) is 0 Å². The van der Waals surface area contributed by atoms with Gasteiger partial charge in [0.1, 0.15) is 0 Å². The van der Waals surface area contributed by atoms with Gasteiger partial charge in [0.15, 0.2) is 0 Å². The Labute approximate surface area is 121 Å². The fraction of sp³-hybridized carbons (Fsp3) is 0.562. The summed E-state index contributed by atoms with van der Waals surface area (Å²) in [7, 11) is 3.96. The molecule has 1 unspecified atom stereocenters. The second kappa shape index (κ2) is 6.75. The van der Waals surface area contributed by atoms with Gasteiger partial charge in [0, 0.05) is 31.4 Å². The molecule has 1 atom stereocenters. The van der Waals surface area contributed by atoms with Gasteiger partial charge < -0.3 is 15.5 Å². The molecule has 1 aliphatic heterocycles. The number of benzene rings is 1. The summed E-state index contributed by atoms with van der Waals surface area (Å²) in [4.78, 5) is 14.3. The van der Waals surface area contributed by atoms with Crippen LogP contribution in [0.1, 0.15) is 30.1 Å². The van der Waals surface area contributed by atoms with Crippen molar-refractivity contribution in [2.75, 3.05) is 32.1 Å². The fourth-order valence-electron chi connectivity index (χ4n) is 2.68. The molecular weight excluding hydrogens is 250 g/mol. The van der Waals surface area contributed by atoms with E-state index in [1.807, 2.05) is 43.3 Å². The summed E-state index contributed by atoms with van der Waals surface area (Å²) in [5.41, 5.74) is 1.78. The Morgan fingerprint density at radius 2 is 2.05 bits per heavy atom. The number of rotatable bonds is 4. The van der Waals surface area contributed by atoms with Crippen molar-refractivity contribution in [2.45, 2.75) is 25.8 Å². The van der Waals surface area contributed by atoms with Gasteiger partial charge >= 0.3 is 0 Å². The Morgan fingerprint density at radius 1 is 1.35 bits per heavy atom. The molecule has 0 bridgehead atoms. The summed E-state index contributed by atoms with van der Waals surface area (Å²) in [5.74, 6) is 0.608. The van der Waals surface area contributed by atoms with E-state index in [1.165, 1.54) is 0 Å². The number of amides is 1. The number of carbonyl (C=O) groups is 1. The highest BCUT2D eigenvalue weighted by atomic mass is 16.1. The fourth-order valence-corrected chi connectivity index (χ4v) is 2.68. The minimum absolute atomic E-state index is 0.0275. The standard InChI is InChI=1S/C16H25N3O/c1-12(13-7-9-17-10-8-13)18-16(20)14-5-4-6-15(11-14)19(2)3/h4-6,11-13,17H,7-10H2,1-3H3,(H,18,20). The van der Waals surface area contributed by atoms with E-state index in [1.54, 1.807) is 0 Å². The van der Waals surface area contributed by atoms with Gasteiger partial charge in [-0.25, -0.2) is 0 Å². The molecule has 2 rings (SSSR count). The molecule has 1 aliphatic rings. The molecule has 0 spiro atoms. The Hall–Kier alpha value is -1.55. The molecule has 1 aromatic rings. The molecule has 1 amide bonds. The van der Waals surface area contributed by atoms with Gasteiger partial charge in [-0.15, -0.1) is 0 Å². The molecule has 0 saturated carbocycles. The topological polar surface area (TPSA) is 44.4 Å². The van der Waals surface area contributed by atoms with Crippen molar-refractivity contribution in [3.8, 4) is 0 Å². The predicted molar refractivity (Wildman–Crippen MR) is 83.3 cm³/mol. The van der Waals surface area contributed by atoms with Gasteiger partial charge in [0.25, 0.3) is 5.91 Å². The average molecular weight is 275 g/mol. The van der Waals surface area contributed by atoms with Crippen LogP contribution in [-0.2, 0) is 0 Å². The van der Waals surface area contributed by atoms with E-state index in [4.69, 9.17) is 0 Å². The molecule has 110 valence electrons. The first-order valence-corrected chi connectivity index (χ1v) is 7.37. The SMILES string of the molecule is CC(NC(=O)c1cccc(N(C)C)c1)C1CCNCC1. The maximum absolute atomic E-state index is 12.3. The van der Waals surface area contributed by atoms with Crippen LogP contribution in [0.15, 0.2) is 24.3 Å². The van der Waals surface area contributed by atoms with Gasteiger partial charge in [0.05, 0.1) is 0 Å². The van der Waals surface area contributed by atoms with Crippen molar-refractivity contribution in [3.63, 3.8) is 0 Å². The van der Waals surface area contributed by atoms with Crippen molar-refractivity contribution in [3.05, 3.63) is 29.8 Å². The summed E-state index contributed by atoms with van der Waals surface area (Å²) in [6, 6.07) is 7.97. The minimum Gasteiger partial charge on any atom is -0.378 e. The van der Waals surface area contributed by atoms with Gasteiger partial charge in [-0.05, 0) is 57.0 Å². The molecule has 1 saturated heterocycles. The summed E-state index contributed by atoms with van der Waals surface area (Å²) in [6.07, 6.45) is 2.28. The van der Waals surface area contributed by atoms with Crippen LogP contribution >= 0.6 is 0 Å². The van der Waals surface area contributed by atoms with Crippen molar-refractivity contribution >= 4 is 11.6 Å². The summed E-state index contributed by atoms with van der Waals surface area (Å²) >= 11 is 0. The van der Waals surface area contributed by atoms with E-state index in [0.29, 0.717) is 5.92 Å². The Balaban J connectivity index is 1.98. The minimum atomic E-state index is 0.0275. The first-order valence-electron chi connectivity index (χ1n) is 7.37. The molecule has 4 heteroatoms. The van der Waals surface area contributed by atoms with Crippen LogP contribution in [0.3, 0.4) is 0 Å². The van der Waals surface area contributed by atoms with Crippen LogP contribution in [-0.4, -0.2) is 39.1 Å². The highest BCUT2D eigenvalue weighted by Crippen LogP contribution is 2.17. The third-order valence-electron chi connectivity index (χ3n) is 4.07. The van der Waals surface area contributed by atoms with Crippen molar-refractivity contribution in [1.82, 2.24) is 10.6 Å². The van der Waals surface area contributed by atoms with Crippen molar-refractivity contribution < 1.29 is 4.79 Å². The highest BCUT2D eigenvalue weighted by molar-refractivity contribution is 5.95. The zero-order valence-corrected chi connectivity index (χ0v) is 12.6. The number of hydrogen-bond donors (Lipinski definition) is 2. The lowest BCUT2D eigenvalue weighted by molar-refractivity contribution is 0.0920. The lowest BCUT2D eigenvalue weighted by atomic mass is 9.91. The van der Waals surface area contributed by atoms with E-state index < -0.39 is 0 Å². The van der Waals surface area contributed by atoms with Crippen LogP contribution in [0, 0.1) is 5.92 Å². The average Bonchev–Trinajstić information content (AvgIpc) is 2.48. The van der Waals surface area contributed by atoms with Gasteiger partial charge in [-0.3, -0.25) is 4.79 Å². The number of piperidine rings is 1. The number of anilines is 1. The van der Waals surface area contributed by atoms with Crippen LogP contribution in [0.5, 0.6) is 0 Å². The molecule has 0 aromatic heterocycles. The third kappa shape index (κ3) is 3.73. The van der Waals surface area contributed by atoms with Crippen LogP contribution in [0.25, 0.3) is 0 Å². The second-order valence-corrected chi connectivity index (χ2v) is 5.79. The predicted octanol–water partition coefficient (Wildman–Crippen LogP) is 1.87. The van der Waals surface area contributed by atoms with Gasteiger partial charge in [-0.1, -0.05) is 6.07 Å². The first kappa shape index (κ1) is 14.9. The van der Waals surface area contributed by atoms with Gasteiger partial charge in [-0.2, -0.15) is 0 Å². The molecule has 4 nitrogen and oxygen atoms in total. The molecule has 1 fully saturated rings. The lowest BCUT2D eigenvalue weighted by Crippen LogP contribution is -2.42. The molecule has 0 aliphatic carbocycles. The van der Waals surface area contributed by atoms with Crippen molar-refractivity contribution in [2.24, 2.45) is 5.92 Å².